The van der Waals surface area contributed by atoms with E-state index in [9.17, 15) is 13.9 Å². The van der Waals surface area contributed by atoms with E-state index in [4.69, 9.17) is 0 Å². The van der Waals surface area contributed by atoms with Gasteiger partial charge in [0.15, 0.2) is 0 Å². The van der Waals surface area contributed by atoms with Gasteiger partial charge >= 0.3 is 0 Å². The van der Waals surface area contributed by atoms with Gasteiger partial charge in [-0.15, -0.1) is 11.3 Å². The molecule has 3 aromatic rings. The average Bonchev–Trinajstić information content (AvgIpc) is 2.98. The molecule has 0 aliphatic heterocycles. The maximum atomic E-state index is 13.8. The number of thiazole rings is 1. The molecule has 3 rings (SSSR count). The van der Waals surface area contributed by atoms with Crippen LogP contribution in [0.25, 0.3) is 10.6 Å². The molecule has 0 bridgehead atoms. The third kappa shape index (κ3) is 3.18. The fourth-order valence-electron chi connectivity index (χ4n) is 2.07. The van der Waals surface area contributed by atoms with E-state index >= 15 is 0 Å². The van der Waals surface area contributed by atoms with Gasteiger partial charge < -0.3 is 5.11 Å². The van der Waals surface area contributed by atoms with Crippen molar-refractivity contribution in [3.05, 3.63) is 71.0 Å². The number of aliphatic hydroxyl groups is 1. The topological polar surface area (TPSA) is 46.0 Å². The standard InChI is InChI=1S/C16H12F2N2OS/c17-11-1-2-12(13(18)8-11)16-20-9-15(22-16)14(21)7-10-3-5-19-6-4-10/h1-6,8-9,14,21H,7H2. The van der Waals surface area contributed by atoms with Gasteiger partial charge in [0.05, 0.1) is 11.0 Å². The van der Waals surface area contributed by atoms with Crippen molar-refractivity contribution in [2.45, 2.75) is 12.5 Å². The molecule has 1 atom stereocenters. The summed E-state index contributed by atoms with van der Waals surface area (Å²) in [6.07, 6.45) is 4.55. The van der Waals surface area contributed by atoms with Crippen LogP contribution in [0.4, 0.5) is 8.78 Å². The first kappa shape index (κ1) is 14.7. The molecule has 0 saturated carbocycles. The van der Waals surface area contributed by atoms with Crippen molar-refractivity contribution >= 4 is 11.3 Å². The van der Waals surface area contributed by atoms with Crippen LogP contribution in [0.5, 0.6) is 0 Å². The summed E-state index contributed by atoms with van der Waals surface area (Å²) in [6, 6.07) is 7.01. The monoisotopic (exact) mass is 318 g/mol. The number of rotatable bonds is 4. The number of pyridine rings is 1. The number of hydrogen-bond donors (Lipinski definition) is 1. The summed E-state index contributed by atoms with van der Waals surface area (Å²) in [5.41, 5.74) is 1.18. The summed E-state index contributed by atoms with van der Waals surface area (Å²) >= 11 is 1.19. The molecule has 6 heteroatoms. The van der Waals surface area contributed by atoms with Crippen LogP contribution in [0.3, 0.4) is 0 Å². The van der Waals surface area contributed by atoms with Gasteiger partial charge in [0.1, 0.15) is 16.6 Å². The Morgan fingerprint density at radius 2 is 1.91 bits per heavy atom. The number of benzene rings is 1. The second-order valence-corrected chi connectivity index (χ2v) is 5.83. The van der Waals surface area contributed by atoms with Crippen molar-refractivity contribution < 1.29 is 13.9 Å². The van der Waals surface area contributed by atoms with E-state index in [1.54, 1.807) is 12.4 Å². The van der Waals surface area contributed by atoms with Crippen molar-refractivity contribution in [1.29, 1.82) is 0 Å². The van der Waals surface area contributed by atoms with Gasteiger partial charge in [-0.05, 0) is 29.8 Å². The summed E-state index contributed by atoms with van der Waals surface area (Å²) in [5.74, 6) is -1.29. The van der Waals surface area contributed by atoms with Gasteiger partial charge in [-0.25, -0.2) is 13.8 Å². The molecule has 1 unspecified atom stereocenters. The Balaban J connectivity index is 1.81. The zero-order valence-electron chi connectivity index (χ0n) is 11.4. The SMILES string of the molecule is OC(Cc1ccncc1)c1cnc(-c2ccc(F)cc2F)s1. The van der Waals surface area contributed by atoms with Crippen molar-refractivity contribution in [3.8, 4) is 10.6 Å². The number of halogens is 2. The van der Waals surface area contributed by atoms with E-state index < -0.39 is 17.7 Å². The molecule has 0 aliphatic carbocycles. The van der Waals surface area contributed by atoms with E-state index in [-0.39, 0.29) is 5.56 Å². The highest BCUT2D eigenvalue weighted by Gasteiger charge is 2.15. The van der Waals surface area contributed by atoms with Crippen molar-refractivity contribution in [2.24, 2.45) is 0 Å². The van der Waals surface area contributed by atoms with Crippen LogP contribution < -0.4 is 0 Å². The van der Waals surface area contributed by atoms with Gasteiger partial charge in [-0.1, -0.05) is 0 Å². The molecule has 0 amide bonds. The fourth-order valence-corrected chi connectivity index (χ4v) is 3.00. The predicted molar refractivity (Wildman–Crippen MR) is 80.4 cm³/mol. The van der Waals surface area contributed by atoms with Crippen LogP contribution in [0, 0.1) is 11.6 Å². The smallest absolute Gasteiger partial charge is 0.136 e. The molecule has 2 heterocycles. The Morgan fingerprint density at radius 3 is 2.64 bits per heavy atom. The van der Waals surface area contributed by atoms with Crippen LogP contribution in [0.2, 0.25) is 0 Å². The lowest BCUT2D eigenvalue weighted by atomic mass is 10.1. The van der Waals surface area contributed by atoms with Crippen LogP contribution in [-0.2, 0) is 6.42 Å². The highest BCUT2D eigenvalue weighted by atomic mass is 32.1. The highest BCUT2D eigenvalue weighted by molar-refractivity contribution is 7.15. The van der Waals surface area contributed by atoms with Crippen LogP contribution in [-0.4, -0.2) is 15.1 Å². The van der Waals surface area contributed by atoms with Crippen LogP contribution in [0.15, 0.2) is 48.9 Å². The molecule has 1 aromatic carbocycles. The lowest BCUT2D eigenvalue weighted by Gasteiger charge is -2.07. The minimum absolute atomic E-state index is 0.230. The zero-order chi connectivity index (χ0) is 15.5. The van der Waals surface area contributed by atoms with Crippen molar-refractivity contribution in [2.75, 3.05) is 0 Å². The molecule has 0 aliphatic rings. The van der Waals surface area contributed by atoms with Gasteiger partial charge in [0, 0.05) is 36.6 Å². The third-order valence-electron chi connectivity index (χ3n) is 3.19. The first-order valence-electron chi connectivity index (χ1n) is 6.61. The van der Waals surface area contributed by atoms with E-state index in [1.807, 2.05) is 12.1 Å². The maximum absolute atomic E-state index is 13.8. The zero-order valence-corrected chi connectivity index (χ0v) is 12.2. The second kappa shape index (κ2) is 6.29. The molecule has 22 heavy (non-hydrogen) atoms. The summed E-state index contributed by atoms with van der Waals surface area (Å²) in [4.78, 5) is 8.68. The Morgan fingerprint density at radius 1 is 1.14 bits per heavy atom. The van der Waals surface area contributed by atoms with Gasteiger partial charge in [0.2, 0.25) is 0 Å². The first-order valence-corrected chi connectivity index (χ1v) is 7.43. The minimum Gasteiger partial charge on any atom is -0.387 e. The van der Waals surface area contributed by atoms with Crippen molar-refractivity contribution in [3.63, 3.8) is 0 Å². The van der Waals surface area contributed by atoms with E-state index in [0.717, 1.165) is 11.6 Å². The Bertz CT molecular complexity index is 777. The summed E-state index contributed by atoms with van der Waals surface area (Å²) in [7, 11) is 0. The van der Waals surface area contributed by atoms with Gasteiger partial charge in [-0.3, -0.25) is 4.98 Å². The van der Waals surface area contributed by atoms with Crippen molar-refractivity contribution in [1.82, 2.24) is 9.97 Å². The summed E-state index contributed by atoms with van der Waals surface area (Å²) < 4.78 is 26.7. The normalized spacial score (nSPS) is 12.3. The lowest BCUT2D eigenvalue weighted by molar-refractivity contribution is 0.182. The summed E-state index contributed by atoms with van der Waals surface area (Å²) in [6.45, 7) is 0. The van der Waals surface area contributed by atoms with E-state index in [0.29, 0.717) is 16.3 Å². The number of nitrogens with zero attached hydrogens (tertiary/aromatic N) is 2. The Hall–Kier alpha value is -2.18. The maximum Gasteiger partial charge on any atom is 0.136 e. The highest BCUT2D eigenvalue weighted by Crippen LogP contribution is 2.31. The lowest BCUT2D eigenvalue weighted by Crippen LogP contribution is -1.99. The van der Waals surface area contributed by atoms with E-state index in [2.05, 4.69) is 9.97 Å². The molecule has 0 spiro atoms. The molecule has 112 valence electrons. The molecular formula is C16H12F2N2OS. The molecular weight excluding hydrogens is 306 g/mol. The minimum atomic E-state index is -0.725. The molecule has 0 fully saturated rings. The molecule has 1 N–H and O–H groups in total. The average molecular weight is 318 g/mol. The molecule has 2 aromatic heterocycles. The number of hydrogen-bond acceptors (Lipinski definition) is 4. The van der Waals surface area contributed by atoms with E-state index in [1.165, 1.54) is 29.7 Å². The van der Waals surface area contributed by atoms with Crippen LogP contribution >= 0.6 is 11.3 Å². The fraction of sp³-hybridized carbons (Fsp3) is 0.125. The van der Waals surface area contributed by atoms with Gasteiger partial charge in [0.25, 0.3) is 0 Å². The molecule has 0 saturated heterocycles. The first-order chi connectivity index (χ1) is 10.6. The Kier molecular flexibility index (Phi) is 4.22. The molecule has 0 radical (unpaired) electrons. The number of aromatic nitrogens is 2. The largest absolute Gasteiger partial charge is 0.387 e. The second-order valence-electron chi connectivity index (χ2n) is 4.77. The number of aliphatic hydroxyl groups excluding tert-OH is 1. The summed E-state index contributed by atoms with van der Waals surface area (Å²) in [5, 5.41) is 10.7. The quantitative estimate of drug-likeness (QED) is 0.797. The van der Waals surface area contributed by atoms with Crippen LogP contribution in [0.1, 0.15) is 16.5 Å². The third-order valence-corrected chi connectivity index (χ3v) is 4.32. The predicted octanol–water partition coefficient (Wildman–Crippen LogP) is 3.76. The molecule has 3 nitrogen and oxygen atoms in total. The van der Waals surface area contributed by atoms with Gasteiger partial charge in [-0.2, -0.15) is 0 Å². The Labute approximate surface area is 129 Å².